The van der Waals surface area contributed by atoms with Gasteiger partial charge >= 0.3 is 0 Å². The van der Waals surface area contributed by atoms with Crippen LogP contribution >= 0.6 is 0 Å². The van der Waals surface area contributed by atoms with Crippen molar-refractivity contribution in [2.45, 2.75) is 26.7 Å². The van der Waals surface area contributed by atoms with Crippen molar-refractivity contribution < 1.29 is 9.59 Å². The summed E-state index contributed by atoms with van der Waals surface area (Å²) < 4.78 is 0. The van der Waals surface area contributed by atoms with E-state index in [-0.39, 0.29) is 28.8 Å². The predicted molar refractivity (Wildman–Crippen MR) is 67.4 cm³/mol. The van der Waals surface area contributed by atoms with Gasteiger partial charge in [0.25, 0.3) is 0 Å². The van der Waals surface area contributed by atoms with Crippen LogP contribution in [0.15, 0.2) is 36.5 Å². The molecule has 0 aromatic heterocycles. The lowest BCUT2D eigenvalue weighted by molar-refractivity contribution is -0.125. The highest BCUT2D eigenvalue weighted by Gasteiger charge is 2.45. The fraction of sp³-hybridized carbons (Fsp3) is 0.467. The highest BCUT2D eigenvalue weighted by atomic mass is 16.1. The minimum atomic E-state index is -0.187. The Morgan fingerprint density at radius 1 is 1.41 bits per heavy atom. The van der Waals surface area contributed by atoms with Gasteiger partial charge in [0.05, 0.1) is 0 Å². The molecule has 2 aliphatic rings. The summed E-state index contributed by atoms with van der Waals surface area (Å²) in [7, 11) is 0. The molecule has 0 N–H and O–H groups in total. The zero-order valence-electron chi connectivity index (χ0n) is 10.4. The molecule has 0 aromatic carbocycles. The van der Waals surface area contributed by atoms with Gasteiger partial charge in [-0.2, -0.15) is 0 Å². The summed E-state index contributed by atoms with van der Waals surface area (Å²) in [6.07, 6.45) is 8.36. The Balaban J connectivity index is 2.42. The van der Waals surface area contributed by atoms with Crippen LogP contribution in [0.1, 0.15) is 26.7 Å². The average Bonchev–Trinajstić information content (AvgIpc) is 2.29. The van der Waals surface area contributed by atoms with Crippen LogP contribution in [0.4, 0.5) is 0 Å². The molecular weight excluding hydrogens is 212 g/mol. The molecule has 90 valence electrons. The Morgan fingerprint density at radius 2 is 2.12 bits per heavy atom. The number of carbonyl (C=O) groups is 2. The number of hydrogen-bond acceptors (Lipinski definition) is 2. The molecule has 17 heavy (non-hydrogen) atoms. The molecule has 2 aliphatic carbocycles. The van der Waals surface area contributed by atoms with Crippen molar-refractivity contribution in [1.29, 1.82) is 0 Å². The van der Waals surface area contributed by atoms with Gasteiger partial charge in [0.1, 0.15) is 0 Å². The molecule has 2 nitrogen and oxygen atoms in total. The number of carbonyl (C=O) groups excluding carboxylic acids is 2. The SMILES string of the molecule is C=CC[C@@H]1C[C@@]2(C)C(=CC1=O)C=CC(=O)[C@@H]2C. The van der Waals surface area contributed by atoms with E-state index in [2.05, 4.69) is 13.5 Å². The van der Waals surface area contributed by atoms with Gasteiger partial charge in [0, 0.05) is 17.3 Å². The summed E-state index contributed by atoms with van der Waals surface area (Å²) in [6.45, 7) is 7.75. The van der Waals surface area contributed by atoms with Crippen LogP contribution in [-0.4, -0.2) is 11.6 Å². The fourth-order valence-electron chi connectivity index (χ4n) is 2.86. The van der Waals surface area contributed by atoms with Gasteiger partial charge in [0.2, 0.25) is 0 Å². The molecule has 0 saturated heterocycles. The average molecular weight is 230 g/mol. The third kappa shape index (κ3) is 1.82. The maximum atomic E-state index is 11.9. The molecule has 0 bridgehead atoms. The van der Waals surface area contributed by atoms with E-state index in [4.69, 9.17) is 0 Å². The highest BCUT2D eigenvalue weighted by Crippen LogP contribution is 2.48. The minimum Gasteiger partial charge on any atom is -0.295 e. The van der Waals surface area contributed by atoms with E-state index < -0.39 is 0 Å². The van der Waals surface area contributed by atoms with Crippen molar-refractivity contribution in [2.75, 3.05) is 0 Å². The lowest BCUT2D eigenvalue weighted by Crippen LogP contribution is -2.41. The van der Waals surface area contributed by atoms with Gasteiger partial charge in [0.15, 0.2) is 11.6 Å². The van der Waals surface area contributed by atoms with E-state index in [1.54, 1.807) is 18.2 Å². The normalized spacial score (nSPS) is 36.5. The maximum Gasteiger partial charge on any atom is 0.159 e. The van der Waals surface area contributed by atoms with Crippen molar-refractivity contribution in [1.82, 2.24) is 0 Å². The Hall–Kier alpha value is -1.44. The summed E-state index contributed by atoms with van der Waals surface area (Å²) >= 11 is 0. The first kappa shape index (κ1) is 12.0. The van der Waals surface area contributed by atoms with E-state index in [1.165, 1.54) is 0 Å². The van der Waals surface area contributed by atoms with Gasteiger partial charge in [-0.25, -0.2) is 0 Å². The molecule has 0 radical (unpaired) electrons. The van der Waals surface area contributed by atoms with E-state index in [1.807, 2.05) is 13.0 Å². The van der Waals surface area contributed by atoms with Gasteiger partial charge in [-0.05, 0) is 30.6 Å². The summed E-state index contributed by atoms with van der Waals surface area (Å²) in [5.41, 5.74) is 0.822. The van der Waals surface area contributed by atoms with Crippen LogP contribution in [0.3, 0.4) is 0 Å². The third-order valence-corrected chi connectivity index (χ3v) is 4.29. The topological polar surface area (TPSA) is 34.1 Å². The fourth-order valence-corrected chi connectivity index (χ4v) is 2.86. The Morgan fingerprint density at radius 3 is 2.76 bits per heavy atom. The molecule has 0 heterocycles. The lowest BCUT2D eigenvalue weighted by atomic mass is 9.59. The largest absolute Gasteiger partial charge is 0.295 e. The molecule has 3 atom stereocenters. The van der Waals surface area contributed by atoms with E-state index in [0.717, 1.165) is 12.0 Å². The van der Waals surface area contributed by atoms with E-state index in [9.17, 15) is 9.59 Å². The van der Waals surface area contributed by atoms with Crippen LogP contribution in [0, 0.1) is 17.3 Å². The first-order valence-electron chi connectivity index (χ1n) is 6.08. The standard InChI is InChI=1S/C15H18O2/c1-4-5-11-9-15(3)10(2)13(16)7-6-12(15)8-14(11)17/h4,6-8,10-11H,1,5,9H2,2-3H3/t10-,11+,15+/m0/s1. The molecule has 0 fully saturated rings. The van der Waals surface area contributed by atoms with Crippen molar-refractivity contribution >= 4 is 11.6 Å². The van der Waals surface area contributed by atoms with Crippen molar-refractivity contribution in [3.8, 4) is 0 Å². The summed E-state index contributed by atoms with van der Waals surface area (Å²) in [5, 5.41) is 0. The maximum absolute atomic E-state index is 11.9. The summed E-state index contributed by atoms with van der Waals surface area (Å²) in [4.78, 5) is 23.7. The Labute approximate surface area is 102 Å². The smallest absolute Gasteiger partial charge is 0.159 e. The number of rotatable bonds is 2. The lowest BCUT2D eigenvalue weighted by Gasteiger charge is -2.43. The molecule has 2 heteroatoms. The zero-order valence-corrected chi connectivity index (χ0v) is 10.4. The van der Waals surface area contributed by atoms with Crippen LogP contribution in [0.25, 0.3) is 0 Å². The number of fused-ring (bicyclic) bond motifs is 1. The summed E-state index contributed by atoms with van der Waals surface area (Å²) in [6, 6.07) is 0. The monoisotopic (exact) mass is 230 g/mol. The highest BCUT2D eigenvalue weighted by molar-refractivity contribution is 5.99. The van der Waals surface area contributed by atoms with Crippen LogP contribution < -0.4 is 0 Å². The second kappa shape index (κ2) is 4.10. The second-order valence-corrected chi connectivity index (χ2v) is 5.30. The molecular formula is C15H18O2. The minimum absolute atomic E-state index is 0.0111. The number of allylic oxidation sites excluding steroid dienone is 5. The second-order valence-electron chi connectivity index (χ2n) is 5.30. The number of hydrogen-bond donors (Lipinski definition) is 0. The first-order valence-corrected chi connectivity index (χ1v) is 6.08. The Bertz CT molecular complexity index is 442. The molecule has 0 aromatic rings. The van der Waals surface area contributed by atoms with E-state index >= 15 is 0 Å². The molecule has 0 unspecified atom stereocenters. The van der Waals surface area contributed by atoms with Gasteiger partial charge < -0.3 is 0 Å². The predicted octanol–water partition coefficient (Wildman–Crippen LogP) is 2.86. The summed E-state index contributed by atoms with van der Waals surface area (Å²) in [5.74, 6) is 0.280. The third-order valence-electron chi connectivity index (χ3n) is 4.29. The van der Waals surface area contributed by atoms with Crippen LogP contribution in [0.5, 0.6) is 0 Å². The molecule has 0 amide bonds. The van der Waals surface area contributed by atoms with Crippen molar-refractivity contribution in [2.24, 2.45) is 17.3 Å². The quantitative estimate of drug-likeness (QED) is 0.683. The van der Waals surface area contributed by atoms with Crippen LogP contribution in [0.2, 0.25) is 0 Å². The first-order chi connectivity index (χ1) is 7.99. The van der Waals surface area contributed by atoms with Crippen molar-refractivity contribution in [3.05, 3.63) is 36.5 Å². The van der Waals surface area contributed by atoms with E-state index in [0.29, 0.717) is 6.42 Å². The van der Waals surface area contributed by atoms with Gasteiger partial charge in [-0.15, -0.1) is 6.58 Å². The van der Waals surface area contributed by atoms with Crippen LogP contribution in [-0.2, 0) is 9.59 Å². The molecule has 0 aliphatic heterocycles. The number of ketones is 2. The molecule has 0 spiro atoms. The molecule has 2 rings (SSSR count). The Kier molecular flexibility index (Phi) is 2.90. The molecule has 0 saturated carbocycles. The van der Waals surface area contributed by atoms with Crippen molar-refractivity contribution in [3.63, 3.8) is 0 Å². The van der Waals surface area contributed by atoms with Gasteiger partial charge in [-0.1, -0.05) is 26.0 Å². The van der Waals surface area contributed by atoms with Gasteiger partial charge in [-0.3, -0.25) is 9.59 Å². The zero-order chi connectivity index (χ0) is 12.6.